The smallest absolute Gasteiger partial charge is 0.0617 e. The molecule has 0 amide bonds. The molecule has 0 aromatic heterocycles. The molecule has 1 aliphatic carbocycles. The zero-order chi connectivity index (χ0) is 19.0. The van der Waals surface area contributed by atoms with Gasteiger partial charge in [0.25, 0.3) is 0 Å². The number of aryl methyl sites for hydroxylation is 2. The van der Waals surface area contributed by atoms with Crippen LogP contribution in [-0.2, 0) is 0 Å². The summed E-state index contributed by atoms with van der Waals surface area (Å²) in [4.78, 5) is 2.57. The molecule has 0 N–H and O–H groups in total. The second-order valence-electron chi connectivity index (χ2n) is 7.80. The van der Waals surface area contributed by atoms with E-state index in [2.05, 4.69) is 102 Å². The van der Waals surface area contributed by atoms with Crippen LogP contribution in [0.3, 0.4) is 0 Å². The van der Waals surface area contributed by atoms with Crippen molar-refractivity contribution >= 4 is 11.4 Å². The molecule has 26 heavy (non-hydrogen) atoms. The highest BCUT2D eigenvalue weighted by Crippen LogP contribution is 2.43. The lowest BCUT2D eigenvalue weighted by Crippen LogP contribution is -2.41. The van der Waals surface area contributed by atoms with Crippen molar-refractivity contribution in [2.75, 3.05) is 4.90 Å². The fourth-order valence-electron chi connectivity index (χ4n) is 4.39. The van der Waals surface area contributed by atoms with Crippen molar-refractivity contribution in [3.05, 3.63) is 82.0 Å². The molecule has 2 atom stereocenters. The number of allylic oxidation sites excluding steroid dienone is 2. The van der Waals surface area contributed by atoms with Crippen molar-refractivity contribution in [2.24, 2.45) is 5.92 Å². The molecule has 1 aliphatic rings. The van der Waals surface area contributed by atoms with Gasteiger partial charge in [-0.2, -0.15) is 0 Å². The molecule has 0 bridgehead atoms. The van der Waals surface area contributed by atoms with E-state index in [1.54, 1.807) is 0 Å². The van der Waals surface area contributed by atoms with Gasteiger partial charge in [-0.15, -0.1) is 0 Å². The predicted octanol–water partition coefficient (Wildman–Crippen LogP) is 7.13. The Kier molecular flexibility index (Phi) is 5.09. The lowest BCUT2D eigenvalue weighted by Gasteiger charge is -2.43. The number of nitrogens with zero attached hydrogens (tertiary/aromatic N) is 1. The van der Waals surface area contributed by atoms with Gasteiger partial charge in [-0.05, 0) is 81.5 Å². The second-order valence-corrected chi connectivity index (χ2v) is 7.80. The summed E-state index contributed by atoms with van der Waals surface area (Å²) in [5.74, 6) is 0.470. The largest absolute Gasteiger partial charge is 0.333 e. The van der Waals surface area contributed by atoms with E-state index in [4.69, 9.17) is 0 Å². The van der Waals surface area contributed by atoms with E-state index >= 15 is 0 Å². The van der Waals surface area contributed by atoms with Crippen molar-refractivity contribution in [1.82, 2.24) is 0 Å². The molecule has 0 saturated heterocycles. The van der Waals surface area contributed by atoms with Crippen molar-refractivity contribution in [1.29, 1.82) is 0 Å². The number of para-hydroxylation sites is 2. The summed E-state index contributed by atoms with van der Waals surface area (Å²) in [6.07, 6.45) is 0. The van der Waals surface area contributed by atoms with Crippen LogP contribution in [0.1, 0.15) is 45.7 Å². The van der Waals surface area contributed by atoms with Crippen LogP contribution in [0.25, 0.3) is 0 Å². The maximum absolute atomic E-state index is 2.57. The topological polar surface area (TPSA) is 3.24 Å². The molecule has 3 rings (SSSR count). The highest BCUT2D eigenvalue weighted by Gasteiger charge is 2.34. The van der Waals surface area contributed by atoms with E-state index in [9.17, 15) is 0 Å². The molecule has 0 saturated carbocycles. The Bertz CT molecular complexity index is 850. The Balaban J connectivity index is 2.27. The Morgan fingerprint density at radius 2 is 1.19 bits per heavy atom. The van der Waals surface area contributed by atoms with E-state index in [1.807, 2.05) is 0 Å². The molecule has 0 fully saturated rings. The van der Waals surface area contributed by atoms with Crippen LogP contribution in [0.4, 0.5) is 11.4 Å². The normalized spacial score (nSPS) is 20.6. The van der Waals surface area contributed by atoms with Crippen LogP contribution >= 0.6 is 0 Å². The van der Waals surface area contributed by atoms with Crippen LogP contribution in [0.5, 0.6) is 0 Å². The van der Waals surface area contributed by atoms with Crippen LogP contribution in [0, 0.1) is 19.8 Å². The monoisotopic (exact) mass is 345 g/mol. The first-order chi connectivity index (χ1) is 12.3. The molecular formula is C25H31N. The summed E-state index contributed by atoms with van der Waals surface area (Å²) in [5, 5.41) is 0. The molecule has 2 unspecified atom stereocenters. The van der Waals surface area contributed by atoms with Crippen LogP contribution in [0.2, 0.25) is 0 Å². The van der Waals surface area contributed by atoms with E-state index in [0.717, 1.165) is 0 Å². The number of anilines is 2. The highest BCUT2D eigenvalue weighted by atomic mass is 15.2. The third-order valence-electron chi connectivity index (χ3n) is 6.34. The summed E-state index contributed by atoms with van der Waals surface area (Å²) in [5.41, 5.74) is 11.2. The lowest BCUT2D eigenvalue weighted by atomic mass is 9.76. The van der Waals surface area contributed by atoms with Crippen molar-refractivity contribution in [2.45, 2.75) is 54.5 Å². The summed E-state index contributed by atoms with van der Waals surface area (Å²) in [7, 11) is 0. The van der Waals surface area contributed by atoms with Gasteiger partial charge in [0.15, 0.2) is 0 Å². The van der Waals surface area contributed by atoms with Crippen LogP contribution in [0.15, 0.2) is 70.8 Å². The third kappa shape index (κ3) is 3.00. The number of benzene rings is 2. The van der Waals surface area contributed by atoms with Gasteiger partial charge in [0, 0.05) is 17.3 Å². The summed E-state index contributed by atoms with van der Waals surface area (Å²) in [6.45, 7) is 16.0. The standard InChI is InChI=1S/C25H31N/c1-16-12-11-13-17(2)24(16)26(23-14-9-8-10-15-23)25-21(6)19(4)18(3)20(5)22(25)7/h8-15,21,25H,1-7H3. The SMILES string of the molecule is CC1=C(C)C(C)C(N(c2ccccc2)c2c(C)cccc2C)C(C)=C1C. The van der Waals surface area contributed by atoms with Gasteiger partial charge >= 0.3 is 0 Å². The van der Waals surface area contributed by atoms with Crippen LogP contribution < -0.4 is 4.90 Å². The first kappa shape index (κ1) is 18.5. The molecule has 136 valence electrons. The Morgan fingerprint density at radius 3 is 1.77 bits per heavy atom. The summed E-state index contributed by atoms with van der Waals surface area (Å²) < 4.78 is 0. The third-order valence-corrected chi connectivity index (χ3v) is 6.34. The van der Waals surface area contributed by atoms with E-state index in [1.165, 1.54) is 44.8 Å². The van der Waals surface area contributed by atoms with Gasteiger partial charge in [-0.3, -0.25) is 0 Å². The average Bonchev–Trinajstić information content (AvgIpc) is 2.64. The maximum atomic E-state index is 2.57. The Hall–Kier alpha value is -2.28. The molecular weight excluding hydrogens is 314 g/mol. The van der Waals surface area contributed by atoms with Gasteiger partial charge in [0.2, 0.25) is 0 Å². The summed E-state index contributed by atoms with van der Waals surface area (Å²) >= 11 is 0. The molecule has 2 aromatic rings. The Morgan fingerprint density at radius 1 is 0.654 bits per heavy atom. The maximum Gasteiger partial charge on any atom is 0.0617 e. The molecule has 0 spiro atoms. The van der Waals surface area contributed by atoms with Gasteiger partial charge < -0.3 is 4.90 Å². The number of rotatable bonds is 3. The quantitative estimate of drug-likeness (QED) is 0.572. The lowest BCUT2D eigenvalue weighted by molar-refractivity contribution is 0.541. The van der Waals surface area contributed by atoms with Crippen molar-refractivity contribution in [3.63, 3.8) is 0 Å². The molecule has 1 nitrogen and oxygen atoms in total. The molecule has 0 radical (unpaired) electrons. The molecule has 2 aromatic carbocycles. The minimum Gasteiger partial charge on any atom is -0.333 e. The fourth-order valence-corrected chi connectivity index (χ4v) is 4.39. The van der Waals surface area contributed by atoms with E-state index in [-0.39, 0.29) is 0 Å². The van der Waals surface area contributed by atoms with E-state index < -0.39 is 0 Å². The van der Waals surface area contributed by atoms with E-state index in [0.29, 0.717) is 12.0 Å². The zero-order valence-corrected chi connectivity index (χ0v) is 17.2. The summed E-state index contributed by atoms with van der Waals surface area (Å²) in [6, 6.07) is 17.8. The number of hydrogen-bond acceptors (Lipinski definition) is 1. The second kappa shape index (κ2) is 7.15. The fraction of sp³-hybridized carbons (Fsp3) is 0.360. The molecule has 1 heteroatoms. The van der Waals surface area contributed by atoms with Gasteiger partial charge in [0.05, 0.1) is 6.04 Å². The highest BCUT2D eigenvalue weighted by molar-refractivity contribution is 5.72. The minimum absolute atomic E-state index is 0.334. The van der Waals surface area contributed by atoms with Crippen molar-refractivity contribution in [3.8, 4) is 0 Å². The number of hydrogen-bond donors (Lipinski definition) is 0. The van der Waals surface area contributed by atoms with Gasteiger partial charge in [-0.25, -0.2) is 0 Å². The first-order valence-electron chi connectivity index (χ1n) is 9.60. The zero-order valence-electron chi connectivity index (χ0n) is 17.2. The predicted molar refractivity (Wildman–Crippen MR) is 114 cm³/mol. The Labute approximate surface area is 159 Å². The van der Waals surface area contributed by atoms with Gasteiger partial charge in [0.1, 0.15) is 0 Å². The van der Waals surface area contributed by atoms with Gasteiger partial charge in [-0.1, -0.05) is 48.9 Å². The minimum atomic E-state index is 0.334. The average molecular weight is 346 g/mol. The van der Waals surface area contributed by atoms with Crippen molar-refractivity contribution < 1.29 is 0 Å². The first-order valence-corrected chi connectivity index (χ1v) is 9.60. The molecule has 0 aliphatic heterocycles. The van der Waals surface area contributed by atoms with Crippen LogP contribution in [-0.4, -0.2) is 6.04 Å². The molecule has 0 heterocycles.